The van der Waals surface area contributed by atoms with Gasteiger partial charge in [-0.3, -0.25) is 0 Å². The van der Waals surface area contributed by atoms with Crippen LogP contribution in [-0.4, -0.2) is 18.3 Å². The van der Waals surface area contributed by atoms with Crippen LogP contribution in [0, 0.1) is 0 Å². The molecule has 1 aromatic rings. The highest BCUT2D eigenvalue weighted by Gasteiger charge is 2.16. The van der Waals surface area contributed by atoms with Crippen molar-refractivity contribution in [2.24, 2.45) is 0 Å². The van der Waals surface area contributed by atoms with Crippen molar-refractivity contribution < 1.29 is 9.84 Å². The molecule has 0 unspecified atom stereocenters. The maximum absolute atomic E-state index is 9.45. The SMILES string of the molecule is CNc1ccc(O)cc1OC1CCCCC1. The lowest BCUT2D eigenvalue weighted by molar-refractivity contribution is 0.155. The number of nitrogens with one attached hydrogen (secondary N) is 1. The minimum Gasteiger partial charge on any atom is -0.508 e. The Balaban J connectivity index is 2.09. The highest BCUT2D eigenvalue weighted by atomic mass is 16.5. The van der Waals surface area contributed by atoms with Crippen molar-refractivity contribution in [3.05, 3.63) is 18.2 Å². The summed E-state index contributed by atoms with van der Waals surface area (Å²) in [5.41, 5.74) is 0.934. The van der Waals surface area contributed by atoms with Gasteiger partial charge in [0, 0.05) is 13.1 Å². The minimum absolute atomic E-state index is 0.254. The fourth-order valence-corrected chi connectivity index (χ4v) is 2.18. The lowest BCUT2D eigenvalue weighted by Gasteiger charge is -2.24. The Kier molecular flexibility index (Phi) is 3.54. The Hall–Kier alpha value is -1.38. The van der Waals surface area contributed by atoms with Crippen LogP contribution in [0.15, 0.2) is 18.2 Å². The summed E-state index contributed by atoms with van der Waals surface area (Å²) in [6, 6.07) is 5.19. The van der Waals surface area contributed by atoms with Crippen molar-refractivity contribution in [2.45, 2.75) is 38.2 Å². The lowest BCUT2D eigenvalue weighted by atomic mass is 9.98. The van der Waals surface area contributed by atoms with Gasteiger partial charge in [0.2, 0.25) is 0 Å². The molecule has 0 amide bonds. The summed E-state index contributed by atoms with van der Waals surface area (Å²) in [6.07, 6.45) is 6.37. The van der Waals surface area contributed by atoms with Crippen LogP contribution in [0.2, 0.25) is 0 Å². The van der Waals surface area contributed by atoms with Crippen molar-refractivity contribution >= 4 is 5.69 Å². The fourth-order valence-electron chi connectivity index (χ4n) is 2.18. The molecule has 0 aromatic heterocycles. The zero-order valence-electron chi connectivity index (χ0n) is 9.70. The number of ether oxygens (including phenoxy) is 1. The van der Waals surface area contributed by atoms with Crippen molar-refractivity contribution in [1.29, 1.82) is 0 Å². The molecule has 0 saturated heterocycles. The maximum Gasteiger partial charge on any atom is 0.146 e. The Labute approximate surface area is 96.4 Å². The molecule has 0 atom stereocenters. The molecule has 0 radical (unpaired) electrons. The number of hydrogen-bond acceptors (Lipinski definition) is 3. The van der Waals surface area contributed by atoms with Crippen LogP contribution in [-0.2, 0) is 0 Å². The van der Waals surface area contributed by atoms with Crippen molar-refractivity contribution in [2.75, 3.05) is 12.4 Å². The first-order valence-electron chi connectivity index (χ1n) is 5.97. The van der Waals surface area contributed by atoms with E-state index in [1.165, 1.54) is 19.3 Å². The van der Waals surface area contributed by atoms with Crippen molar-refractivity contribution in [3.8, 4) is 11.5 Å². The molecular weight excluding hydrogens is 202 g/mol. The first-order valence-corrected chi connectivity index (χ1v) is 5.97. The van der Waals surface area contributed by atoms with E-state index in [2.05, 4.69) is 5.32 Å². The van der Waals surface area contributed by atoms with E-state index in [1.807, 2.05) is 13.1 Å². The van der Waals surface area contributed by atoms with Crippen LogP contribution in [0.1, 0.15) is 32.1 Å². The van der Waals surface area contributed by atoms with Gasteiger partial charge in [-0.15, -0.1) is 0 Å². The van der Waals surface area contributed by atoms with E-state index in [1.54, 1.807) is 12.1 Å². The topological polar surface area (TPSA) is 41.5 Å². The summed E-state index contributed by atoms with van der Waals surface area (Å²) in [5, 5.41) is 12.5. The summed E-state index contributed by atoms with van der Waals surface area (Å²) in [5.74, 6) is 1.01. The van der Waals surface area contributed by atoms with Gasteiger partial charge in [-0.05, 0) is 37.8 Å². The van der Waals surface area contributed by atoms with Gasteiger partial charge in [0.1, 0.15) is 11.5 Å². The van der Waals surface area contributed by atoms with Crippen LogP contribution in [0.25, 0.3) is 0 Å². The molecule has 3 nitrogen and oxygen atoms in total. The smallest absolute Gasteiger partial charge is 0.146 e. The molecule has 2 rings (SSSR count). The van der Waals surface area contributed by atoms with Crippen LogP contribution in [0.4, 0.5) is 5.69 Å². The normalized spacial score (nSPS) is 17.1. The van der Waals surface area contributed by atoms with Gasteiger partial charge in [-0.25, -0.2) is 0 Å². The van der Waals surface area contributed by atoms with E-state index in [4.69, 9.17) is 4.74 Å². The Morgan fingerprint density at radius 3 is 2.69 bits per heavy atom. The van der Waals surface area contributed by atoms with Crippen molar-refractivity contribution in [3.63, 3.8) is 0 Å². The second-order valence-electron chi connectivity index (χ2n) is 4.31. The van der Waals surface area contributed by atoms with Gasteiger partial charge in [-0.1, -0.05) is 6.42 Å². The highest BCUT2D eigenvalue weighted by molar-refractivity contribution is 5.58. The molecule has 3 heteroatoms. The average Bonchev–Trinajstić information content (AvgIpc) is 2.31. The zero-order valence-corrected chi connectivity index (χ0v) is 9.70. The molecular formula is C13H19NO2. The Morgan fingerprint density at radius 1 is 1.25 bits per heavy atom. The highest BCUT2D eigenvalue weighted by Crippen LogP contribution is 2.31. The van der Waals surface area contributed by atoms with Gasteiger partial charge < -0.3 is 15.2 Å². The molecule has 88 valence electrons. The molecule has 1 saturated carbocycles. The number of phenols is 1. The fraction of sp³-hybridized carbons (Fsp3) is 0.538. The van der Waals surface area contributed by atoms with Crippen LogP contribution >= 0.6 is 0 Å². The minimum atomic E-state index is 0.254. The third kappa shape index (κ3) is 2.60. The zero-order chi connectivity index (χ0) is 11.4. The predicted octanol–water partition coefficient (Wildman–Crippen LogP) is 3.15. The molecule has 1 fully saturated rings. The molecule has 0 spiro atoms. The summed E-state index contributed by atoms with van der Waals surface area (Å²) in [7, 11) is 1.86. The Morgan fingerprint density at radius 2 is 2.00 bits per heavy atom. The molecule has 1 aromatic carbocycles. The van der Waals surface area contributed by atoms with Crippen LogP contribution in [0.3, 0.4) is 0 Å². The first-order chi connectivity index (χ1) is 7.79. The molecule has 16 heavy (non-hydrogen) atoms. The number of benzene rings is 1. The molecule has 2 N–H and O–H groups in total. The van der Waals surface area contributed by atoms with Gasteiger partial charge in [0.15, 0.2) is 0 Å². The average molecular weight is 221 g/mol. The number of phenolic OH excluding ortho intramolecular Hbond substituents is 1. The monoisotopic (exact) mass is 221 g/mol. The second kappa shape index (κ2) is 5.10. The van der Waals surface area contributed by atoms with E-state index >= 15 is 0 Å². The van der Waals surface area contributed by atoms with E-state index in [0.29, 0.717) is 6.10 Å². The maximum atomic E-state index is 9.45. The first kappa shape index (κ1) is 11.1. The lowest BCUT2D eigenvalue weighted by Crippen LogP contribution is -2.20. The number of hydrogen-bond donors (Lipinski definition) is 2. The molecule has 1 aliphatic carbocycles. The third-order valence-electron chi connectivity index (χ3n) is 3.08. The van der Waals surface area contributed by atoms with Gasteiger partial charge in [-0.2, -0.15) is 0 Å². The molecule has 0 heterocycles. The summed E-state index contributed by atoms with van der Waals surface area (Å²) in [6.45, 7) is 0. The van der Waals surface area contributed by atoms with E-state index in [0.717, 1.165) is 24.3 Å². The number of rotatable bonds is 3. The van der Waals surface area contributed by atoms with E-state index in [9.17, 15) is 5.11 Å². The molecule has 1 aliphatic rings. The third-order valence-corrected chi connectivity index (χ3v) is 3.08. The van der Waals surface area contributed by atoms with E-state index < -0.39 is 0 Å². The largest absolute Gasteiger partial charge is 0.508 e. The van der Waals surface area contributed by atoms with Gasteiger partial charge in [0.25, 0.3) is 0 Å². The predicted molar refractivity (Wildman–Crippen MR) is 65.2 cm³/mol. The number of anilines is 1. The molecule has 0 bridgehead atoms. The van der Waals surface area contributed by atoms with Crippen LogP contribution in [0.5, 0.6) is 11.5 Å². The summed E-state index contributed by atoms with van der Waals surface area (Å²) >= 11 is 0. The molecule has 0 aliphatic heterocycles. The standard InChI is InChI=1S/C13H19NO2/c1-14-12-8-7-10(15)9-13(12)16-11-5-3-2-4-6-11/h7-9,11,14-15H,2-6H2,1H3. The van der Waals surface area contributed by atoms with Gasteiger partial charge in [0.05, 0.1) is 11.8 Å². The van der Waals surface area contributed by atoms with Crippen molar-refractivity contribution in [1.82, 2.24) is 0 Å². The second-order valence-corrected chi connectivity index (χ2v) is 4.31. The van der Waals surface area contributed by atoms with Gasteiger partial charge >= 0.3 is 0 Å². The summed E-state index contributed by atoms with van der Waals surface area (Å²) in [4.78, 5) is 0. The number of aromatic hydroxyl groups is 1. The van der Waals surface area contributed by atoms with Crippen LogP contribution < -0.4 is 10.1 Å². The quantitative estimate of drug-likeness (QED) is 0.770. The Bertz CT molecular complexity index is 346. The summed E-state index contributed by atoms with van der Waals surface area (Å²) < 4.78 is 5.94. The van der Waals surface area contributed by atoms with E-state index in [-0.39, 0.29) is 5.75 Å².